The maximum atomic E-state index is 12.2. The van der Waals surface area contributed by atoms with Crippen LogP contribution in [-0.4, -0.2) is 48.6 Å². The molecule has 0 radical (unpaired) electrons. The van der Waals surface area contributed by atoms with Gasteiger partial charge in [0, 0.05) is 19.8 Å². The smallest absolute Gasteiger partial charge is 0.245 e. The second kappa shape index (κ2) is 5.69. The molecule has 1 N–H and O–H groups in total. The number of ether oxygens (including phenoxy) is 1. The first-order chi connectivity index (χ1) is 8.63. The molecule has 5 heteroatoms. The van der Waals surface area contributed by atoms with Gasteiger partial charge in [0.1, 0.15) is 12.1 Å². The Kier molecular flexibility index (Phi) is 4.22. The largest absolute Gasteiger partial charge is 0.381 e. The molecule has 0 saturated carbocycles. The average molecular weight is 254 g/mol. The molecule has 0 spiro atoms. The molecule has 2 amide bonds. The van der Waals surface area contributed by atoms with E-state index >= 15 is 0 Å². The van der Waals surface area contributed by atoms with Crippen LogP contribution < -0.4 is 5.32 Å². The third-order valence-electron chi connectivity index (χ3n) is 3.96. The number of hydrogen-bond acceptors (Lipinski definition) is 3. The summed E-state index contributed by atoms with van der Waals surface area (Å²) >= 11 is 0. The molecule has 2 aliphatic heterocycles. The Morgan fingerprint density at radius 2 is 2.22 bits per heavy atom. The van der Waals surface area contributed by atoms with E-state index in [1.807, 2.05) is 6.92 Å². The second-order valence-electron chi connectivity index (χ2n) is 5.20. The summed E-state index contributed by atoms with van der Waals surface area (Å²) < 4.78 is 5.33. The molecule has 0 aromatic carbocycles. The van der Waals surface area contributed by atoms with Crippen LogP contribution in [0.1, 0.15) is 33.1 Å². The summed E-state index contributed by atoms with van der Waals surface area (Å²) in [6.45, 7) is 6.00. The molecule has 18 heavy (non-hydrogen) atoms. The molecule has 5 nitrogen and oxygen atoms in total. The fourth-order valence-electron chi connectivity index (χ4n) is 2.60. The second-order valence-corrected chi connectivity index (χ2v) is 5.20. The lowest BCUT2D eigenvalue weighted by atomic mass is 10.0. The van der Waals surface area contributed by atoms with E-state index in [-0.39, 0.29) is 23.9 Å². The third-order valence-corrected chi connectivity index (χ3v) is 3.96. The van der Waals surface area contributed by atoms with E-state index in [4.69, 9.17) is 4.74 Å². The van der Waals surface area contributed by atoms with Gasteiger partial charge in [0.05, 0.1) is 0 Å². The Morgan fingerprint density at radius 1 is 1.44 bits per heavy atom. The van der Waals surface area contributed by atoms with Gasteiger partial charge in [-0.25, -0.2) is 0 Å². The van der Waals surface area contributed by atoms with Gasteiger partial charge >= 0.3 is 0 Å². The van der Waals surface area contributed by atoms with E-state index < -0.39 is 0 Å². The number of piperazine rings is 1. The van der Waals surface area contributed by atoms with Crippen molar-refractivity contribution < 1.29 is 14.3 Å². The Balaban J connectivity index is 1.94. The maximum absolute atomic E-state index is 12.2. The number of carbonyl (C=O) groups excluding carboxylic acids is 2. The predicted molar refractivity (Wildman–Crippen MR) is 66.9 cm³/mol. The third kappa shape index (κ3) is 2.66. The van der Waals surface area contributed by atoms with Crippen LogP contribution in [0.25, 0.3) is 0 Å². The monoisotopic (exact) mass is 254 g/mol. The summed E-state index contributed by atoms with van der Waals surface area (Å²) in [5.74, 6) is 0.558. The van der Waals surface area contributed by atoms with Crippen LogP contribution >= 0.6 is 0 Å². The van der Waals surface area contributed by atoms with E-state index in [1.165, 1.54) is 0 Å². The molecule has 0 bridgehead atoms. The fourth-order valence-corrected chi connectivity index (χ4v) is 2.60. The number of hydrogen-bond donors (Lipinski definition) is 1. The molecule has 2 saturated heterocycles. The summed E-state index contributed by atoms with van der Waals surface area (Å²) in [4.78, 5) is 25.7. The quantitative estimate of drug-likeness (QED) is 0.796. The summed E-state index contributed by atoms with van der Waals surface area (Å²) in [6.07, 6.45) is 2.65. The van der Waals surface area contributed by atoms with E-state index in [9.17, 15) is 9.59 Å². The highest BCUT2D eigenvalue weighted by Crippen LogP contribution is 2.19. The van der Waals surface area contributed by atoms with Gasteiger partial charge in [-0.2, -0.15) is 0 Å². The molecular weight excluding hydrogens is 232 g/mol. The summed E-state index contributed by atoms with van der Waals surface area (Å²) in [5.41, 5.74) is 0. The van der Waals surface area contributed by atoms with Crippen LogP contribution in [0.3, 0.4) is 0 Å². The molecule has 3 atom stereocenters. The van der Waals surface area contributed by atoms with Crippen LogP contribution in [-0.2, 0) is 14.3 Å². The van der Waals surface area contributed by atoms with Crippen molar-refractivity contribution in [2.75, 3.05) is 19.8 Å². The van der Waals surface area contributed by atoms with Gasteiger partial charge in [-0.1, -0.05) is 6.92 Å². The topological polar surface area (TPSA) is 58.6 Å². The van der Waals surface area contributed by atoms with Crippen LogP contribution in [0.5, 0.6) is 0 Å². The molecule has 0 aliphatic carbocycles. The van der Waals surface area contributed by atoms with Crippen LogP contribution in [0, 0.1) is 5.92 Å². The Labute approximate surface area is 108 Å². The van der Waals surface area contributed by atoms with Gasteiger partial charge < -0.3 is 15.0 Å². The van der Waals surface area contributed by atoms with Gasteiger partial charge in [0.2, 0.25) is 11.8 Å². The number of amides is 2. The molecule has 102 valence electrons. The average Bonchev–Trinajstić information content (AvgIpc) is 2.87. The maximum Gasteiger partial charge on any atom is 0.245 e. The van der Waals surface area contributed by atoms with Crippen LogP contribution in [0.2, 0.25) is 0 Å². The zero-order valence-corrected chi connectivity index (χ0v) is 11.1. The fraction of sp³-hybridized carbons (Fsp3) is 0.846. The van der Waals surface area contributed by atoms with E-state index in [1.54, 1.807) is 11.8 Å². The normalized spacial score (nSPS) is 32.8. The number of nitrogens with zero attached hydrogens (tertiary/aromatic N) is 1. The highest BCUT2D eigenvalue weighted by molar-refractivity contribution is 5.96. The standard InChI is InChI=1S/C13H22N2O3/c1-3-11-13(17)15(9(2)12(16)14-11)6-4-10-5-7-18-8-10/h9-11H,3-8H2,1-2H3,(H,14,16). The highest BCUT2D eigenvalue weighted by Gasteiger charge is 2.37. The SMILES string of the molecule is CCC1NC(=O)C(C)N(CCC2CCOC2)C1=O. The van der Waals surface area contributed by atoms with Crippen molar-refractivity contribution in [1.29, 1.82) is 0 Å². The van der Waals surface area contributed by atoms with Crippen molar-refractivity contribution >= 4 is 11.8 Å². The minimum atomic E-state index is -0.345. The van der Waals surface area contributed by atoms with Crippen molar-refractivity contribution in [2.45, 2.75) is 45.2 Å². The highest BCUT2D eigenvalue weighted by atomic mass is 16.5. The first-order valence-corrected chi connectivity index (χ1v) is 6.82. The van der Waals surface area contributed by atoms with Gasteiger partial charge in [-0.15, -0.1) is 0 Å². The van der Waals surface area contributed by atoms with Gasteiger partial charge in [0.15, 0.2) is 0 Å². The summed E-state index contributed by atoms with van der Waals surface area (Å²) in [6, 6.07) is -0.684. The first-order valence-electron chi connectivity index (χ1n) is 6.82. The lowest BCUT2D eigenvalue weighted by Crippen LogP contribution is -2.62. The van der Waals surface area contributed by atoms with Crippen molar-refractivity contribution in [3.05, 3.63) is 0 Å². The Bertz CT molecular complexity index is 326. The molecule has 0 aromatic heterocycles. The van der Waals surface area contributed by atoms with E-state index in [2.05, 4.69) is 5.32 Å². The van der Waals surface area contributed by atoms with Crippen molar-refractivity contribution in [1.82, 2.24) is 10.2 Å². The molecule has 2 fully saturated rings. The summed E-state index contributed by atoms with van der Waals surface area (Å²) in [5, 5.41) is 2.77. The number of carbonyl (C=O) groups is 2. The number of nitrogens with one attached hydrogen (secondary N) is 1. The lowest BCUT2D eigenvalue weighted by Gasteiger charge is -2.37. The van der Waals surface area contributed by atoms with Gasteiger partial charge in [-0.3, -0.25) is 9.59 Å². The molecular formula is C13H22N2O3. The Hall–Kier alpha value is -1.10. The van der Waals surface area contributed by atoms with Crippen molar-refractivity contribution in [2.24, 2.45) is 5.92 Å². The van der Waals surface area contributed by atoms with Crippen LogP contribution in [0.15, 0.2) is 0 Å². The van der Waals surface area contributed by atoms with Gasteiger partial charge in [-0.05, 0) is 32.1 Å². The van der Waals surface area contributed by atoms with Crippen molar-refractivity contribution in [3.8, 4) is 0 Å². The Morgan fingerprint density at radius 3 is 2.83 bits per heavy atom. The zero-order valence-electron chi connectivity index (χ0n) is 11.1. The number of rotatable bonds is 4. The van der Waals surface area contributed by atoms with E-state index in [0.29, 0.717) is 18.9 Å². The summed E-state index contributed by atoms with van der Waals surface area (Å²) in [7, 11) is 0. The molecule has 2 heterocycles. The molecule has 2 rings (SSSR count). The lowest BCUT2D eigenvalue weighted by molar-refractivity contribution is -0.148. The zero-order chi connectivity index (χ0) is 13.1. The minimum absolute atomic E-state index is 0.0379. The van der Waals surface area contributed by atoms with Gasteiger partial charge in [0.25, 0.3) is 0 Å². The predicted octanol–water partition coefficient (Wildman–Crippen LogP) is 0.538. The molecule has 0 aromatic rings. The molecule has 3 unspecified atom stereocenters. The first kappa shape index (κ1) is 13.3. The molecule has 2 aliphatic rings. The van der Waals surface area contributed by atoms with E-state index in [0.717, 1.165) is 26.1 Å². The van der Waals surface area contributed by atoms with Crippen LogP contribution in [0.4, 0.5) is 0 Å². The minimum Gasteiger partial charge on any atom is -0.381 e. The van der Waals surface area contributed by atoms with Crippen molar-refractivity contribution in [3.63, 3.8) is 0 Å².